The molecule has 236 valence electrons. The molecule has 0 fully saturated rings. The molecule has 0 atom stereocenters. The van der Waals surface area contributed by atoms with Crippen LogP contribution in [-0.2, 0) is 0 Å². The lowest BCUT2D eigenvalue weighted by molar-refractivity contribution is 1.18. The maximum atomic E-state index is 8.88. The van der Waals surface area contributed by atoms with Crippen LogP contribution >= 0.6 is 0 Å². The molecular formula is C48H34N2. The molecule has 0 N–H and O–H groups in total. The van der Waals surface area contributed by atoms with Crippen molar-refractivity contribution in [2.24, 2.45) is 0 Å². The average Bonchev–Trinajstić information content (AvgIpc) is 3.58. The molecule has 0 saturated carbocycles. The predicted molar refractivity (Wildman–Crippen MR) is 212 cm³/mol. The molecule has 2 nitrogen and oxygen atoms in total. The Morgan fingerprint density at radius 1 is 0.400 bits per heavy atom. The number of aromatic nitrogens is 1. The van der Waals surface area contributed by atoms with Gasteiger partial charge in [-0.15, -0.1) is 0 Å². The van der Waals surface area contributed by atoms with Gasteiger partial charge in [0.05, 0.1) is 23.6 Å². The van der Waals surface area contributed by atoms with E-state index in [-0.39, 0.29) is 29.9 Å². The summed E-state index contributed by atoms with van der Waals surface area (Å²) >= 11 is 0. The Morgan fingerprint density at radius 3 is 1.64 bits per heavy atom. The zero-order valence-corrected chi connectivity index (χ0v) is 27.1. The van der Waals surface area contributed by atoms with Crippen molar-refractivity contribution in [3.63, 3.8) is 0 Å². The molecule has 9 aromatic rings. The average molecular weight is 644 g/mol. The van der Waals surface area contributed by atoms with Crippen molar-refractivity contribution in [2.75, 3.05) is 4.90 Å². The number of benzene rings is 8. The minimum atomic E-state index is -0.413. The van der Waals surface area contributed by atoms with E-state index in [1.54, 1.807) is 0 Å². The normalized spacial score (nSPS) is 12.6. The second kappa shape index (κ2) is 12.8. The molecule has 0 aliphatic rings. The number of anilines is 3. The van der Waals surface area contributed by atoms with E-state index >= 15 is 0 Å². The zero-order valence-electron chi connectivity index (χ0n) is 32.1. The maximum Gasteiger partial charge on any atom is 0.0645 e. The standard InChI is InChI=1S/C48H34N2/c1-4-15-35(16-5-1)36-27-29-37(30-28-36)38-31-33-41(34-32-38)49(39-17-6-2-7-18-39)45-24-12-10-21-42(45)43-23-14-26-47-48(43)44-22-11-13-25-46(44)50(47)40-19-8-3-9-20-40/h1-34H/i3D,8D,9D,19D,20D. The number of rotatable bonds is 7. The Morgan fingerprint density at radius 2 is 0.920 bits per heavy atom. The van der Waals surface area contributed by atoms with Gasteiger partial charge < -0.3 is 9.47 Å². The van der Waals surface area contributed by atoms with Gasteiger partial charge in [-0.1, -0.05) is 152 Å². The lowest BCUT2D eigenvalue weighted by Crippen LogP contribution is -2.11. The van der Waals surface area contributed by atoms with Crippen LogP contribution < -0.4 is 4.90 Å². The Labute approximate surface area is 299 Å². The molecule has 0 bridgehead atoms. The van der Waals surface area contributed by atoms with Gasteiger partial charge in [-0.2, -0.15) is 0 Å². The third-order valence-corrected chi connectivity index (χ3v) is 9.31. The minimum Gasteiger partial charge on any atom is -0.310 e. The number of hydrogen-bond donors (Lipinski definition) is 0. The number of fused-ring (bicyclic) bond motifs is 3. The van der Waals surface area contributed by atoms with Crippen molar-refractivity contribution in [1.29, 1.82) is 0 Å². The van der Waals surface area contributed by atoms with Gasteiger partial charge >= 0.3 is 0 Å². The smallest absolute Gasteiger partial charge is 0.0645 e. The number of nitrogens with zero attached hydrogens (tertiary/aromatic N) is 2. The molecule has 0 amide bonds. The topological polar surface area (TPSA) is 8.17 Å². The van der Waals surface area contributed by atoms with E-state index in [1.165, 1.54) is 11.1 Å². The van der Waals surface area contributed by atoms with Gasteiger partial charge in [0.15, 0.2) is 0 Å². The lowest BCUT2D eigenvalue weighted by Gasteiger charge is -2.28. The highest BCUT2D eigenvalue weighted by molar-refractivity contribution is 6.17. The summed E-state index contributed by atoms with van der Waals surface area (Å²) < 4.78 is 44.7. The third-order valence-electron chi connectivity index (χ3n) is 9.31. The van der Waals surface area contributed by atoms with Crippen molar-refractivity contribution >= 4 is 38.9 Å². The van der Waals surface area contributed by atoms with Gasteiger partial charge in [-0.25, -0.2) is 0 Å². The second-order valence-corrected chi connectivity index (χ2v) is 12.2. The first kappa shape index (κ1) is 24.5. The molecule has 1 heterocycles. The van der Waals surface area contributed by atoms with Crippen LogP contribution in [0, 0.1) is 0 Å². The summed E-state index contributed by atoms with van der Waals surface area (Å²) in [5, 5.41) is 1.85. The summed E-state index contributed by atoms with van der Waals surface area (Å²) in [5.41, 5.74) is 11.2. The molecule has 0 saturated heterocycles. The maximum absolute atomic E-state index is 8.88. The highest BCUT2D eigenvalue weighted by atomic mass is 15.1. The minimum absolute atomic E-state index is 0.128. The fraction of sp³-hybridized carbons (Fsp3) is 0. The Hall–Kier alpha value is -6.64. The SMILES string of the molecule is [2H]c1c([2H])c([2H])c(-n2c3ccccc3c3c(-c4ccccc4N(c4ccccc4)c4ccc(-c5ccc(-c6ccccc6)cc5)cc4)cccc32)c([2H])c1[2H]. The first-order valence-electron chi connectivity index (χ1n) is 19.2. The van der Waals surface area contributed by atoms with E-state index in [9.17, 15) is 0 Å². The van der Waals surface area contributed by atoms with Crippen LogP contribution in [-0.4, -0.2) is 4.57 Å². The number of hydrogen-bond acceptors (Lipinski definition) is 1. The van der Waals surface area contributed by atoms with Crippen LogP contribution in [0.2, 0.25) is 0 Å². The van der Waals surface area contributed by atoms with Crippen LogP contribution in [0.3, 0.4) is 0 Å². The van der Waals surface area contributed by atoms with Crippen LogP contribution in [0.5, 0.6) is 0 Å². The van der Waals surface area contributed by atoms with E-state index in [4.69, 9.17) is 6.85 Å². The lowest BCUT2D eigenvalue weighted by atomic mass is 9.96. The summed E-state index contributed by atoms with van der Waals surface area (Å²) in [7, 11) is 0. The predicted octanol–water partition coefficient (Wildman–Crippen LogP) is 13.3. The van der Waals surface area contributed by atoms with Crippen LogP contribution in [0.1, 0.15) is 6.85 Å². The van der Waals surface area contributed by atoms with Crippen LogP contribution in [0.4, 0.5) is 17.1 Å². The van der Waals surface area contributed by atoms with Crippen molar-refractivity contribution < 1.29 is 6.85 Å². The highest BCUT2D eigenvalue weighted by Gasteiger charge is 2.21. The zero-order chi connectivity index (χ0) is 37.6. The quantitative estimate of drug-likeness (QED) is 0.168. The van der Waals surface area contributed by atoms with E-state index in [1.807, 2.05) is 77.4 Å². The largest absolute Gasteiger partial charge is 0.310 e. The Balaban J connectivity index is 1.20. The highest BCUT2D eigenvalue weighted by Crippen LogP contribution is 2.45. The van der Waals surface area contributed by atoms with Crippen molar-refractivity contribution in [2.45, 2.75) is 0 Å². The van der Waals surface area contributed by atoms with Crippen molar-refractivity contribution in [1.82, 2.24) is 4.57 Å². The molecule has 2 heteroatoms. The van der Waals surface area contributed by atoms with Gasteiger partial charge in [0.1, 0.15) is 0 Å². The molecule has 9 rings (SSSR count). The van der Waals surface area contributed by atoms with E-state index in [2.05, 4.69) is 108 Å². The summed E-state index contributed by atoms with van der Waals surface area (Å²) in [6, 6.07) is 58.7. The van der Waals surface area contributed by atoms with Gasteiger partial charge in [0, 0.05) is 33.4 Å². The fourth-order valence-electron chi connectivity index (χ4n) is 7.03. The van der Waals surface area contributed by atoms with Crippen LogP contribution in [0.25, 0.3) is 60.9 Å². The van der Waals surface area contributed by atoms with Gasteiger partial charge in [0.25, 0.3) is 0 Å². The first-order chi connectivity index (χ1) is 26.9. The van der Waals surface area contributed by atoms with Crippen molar-refractivity contribution in [3.05, 3.63) is 206 Å². The Bertz CT molecular complexity index is 2820. The van der Waals surface area contributed by atoms with Gasteiger partial charge in [0.2, 0.25) is 0 Å². The van der Waals surface area contributed by atoms with E-state index < -0.39 is 6.04 Å². The molecular weight excluding hydrogens is 605 g/mol. The Kier molecular flexibility index (Phi) is 6.25. The summed E-state index contributed by atoms with van der Waals surface area (Å²) in [4.78, 5) is 2.27. The molecule has 1 aromatic heterocycles. The second-order valence-electron chi connectivity index (χ2n) is 12.2. The number of para-hydroxylation sites is 4. The fourth-order valence-corrected chi connectivity index (χ4v) is 7.03. The van der Waals surface area contributed by atoms with Crippen LogP contribution in [0.15, 0.2) is 206 Å². The summed E-state index contributed by atoms with van der Waals surface area (Å²) in [5.74, 6) is 0. The molecule has 0 unspecified atom stereocenters. The molecule has 0 aliphatic heterocycles. The van der Waals surface area contributed by atoms with Gasteiger partial charge in [-0.05, 0) is 82.4 Å². The third kappa shape index (κ3) is 5.24. The summed E-state index contributed by atoms with van der Waals surface area (Å²) in [6.45, 7) is 0. The summed E-state index contributed by atoms with van der Waals surface area (Å²) in [6.07, 6.45) is 0. The van der Waals surface area contributed by atoms with Crippen molar-refractivity contribution in [3.8, 4) is 39.1 Å². The van der Waals surface area contributed by atoms with E-state index in [0.29, 0.717) is 0 Å². The molecule has 0 aliphatic carbocycles. The first-order valence-corrected chi connectivity index (χ1v) is 16.7. The molecule has 0 radical (unpaired) electrons. The van der Waals surface area contributed by atoms with E-state index in [0.717, 1.165) is 61.1 Å². The molecule has 8 aromatic carbocycles. The monoisotopic (exact) mass is 643 g/mol. The molecule has 0 spiro atoms. The molecule has 50 heavy (non-hydrogen) atoms. The van der Waals surface area contributed by atoms with Gasteiger partial charge in [-0.3, -0.25) is 0 Å².